The van der Waals surface area contributed by atoms with Crippen LogP contribution < -0.4 is 5.73 Å². The van der Waals surface area contributed by atoms with Gasteiger partial charge in [0.1, 0.15) is 11.3 Å². The molecule has 0 aliphatic rings. The lowest BCUT2D eigenvalue weighted by Gasteiger charge is -1.99. The maximum absolute atomic E-state index is 13.2. The fraction of sp³-hybridized carbons (Fsp3) is 0.417. The van der Waals surface area contributed by atoms with Crippen LogP contribution >= 0.6 is 0 Å². The van der Waals surface area contributed by atoms with Crippen molar-refractivity contribution in [2.45, 2.75) is 26.7 Å². The smallest absolute Gasteiger partial charge is 0.195 e. The molecule has 0 saturated carbocycles. The predicted molar refractivity (Wildman–Crippen MR) is 61.5 cm³/mol. The molecular weight excluding hydrogens is 207 g/mol. The van der Waals surface area contributed by atoms with Gasteiger partial charge in [0.15, 0.2) is 11.5 Å². The van der Waals surface area contributed by atoms with E-state index in [0.29, 0.717) is 22.9 Å². The molecule has 0 fully saturated rings. The molecule has 1 aromatic carbocycles. The Labute approximate surface area is 93.5 Å². The van der Waals surface area contributed by atoms with Crippen LogP contribution in [-0.2, 0) is 6.42 Å². The minimum Gasteiger partial charge on any atom is -0.441 e. The number of hydrogen-bond donors (Lipinski definition) is 1. The third-order valence-corrected chi connectivity index (χ3v) is 2.49. The fourth-order valence-corrected chi connectivity index (χ4v) is 1.53. The number of nitrogen functional groups attached to an aromatic ring is 1. The van der Waals surface area contributed by atoms with Gasteiger partial charge >= 0.3 is 0 Å². The minimum atomic E-state index is -0.459. The average Bonchev–Trinajstić information content (AvgIpc) is 2.58. The van der Waals surface area contributed by atoms with Crippen molar-refractivity contribution in [3.8, 4) is 0 Å². The summed E-state index contributed by atoms with van der Waals surface area (Å²) in [5, 5.41) is 0. The highest BCUT2D eigenvalue weighted by Crippen LogP contribution is 2.22. The molecule has 0 spiro atoms. The average molecular weight is 222 g/mol. The number of aryl methyl sites for hydroxylation is 1. The Hall–Kier alpha value is -1.58. The van der Waals surface area contributed by atoms with Gasteiger partial charge in [0.05, 0.1) is 5.69 Å². The Balaban J connectivity index is 2.29. The Morgan fingerprint density at radius 2 is 2.19 bits per heavy atom. The summed E-state index contributed by atoms with van der Waals surface area (Å²) < 4.78 is 18.6. The summed E-state index contributed by atoms with van der Waals surface area (Å²) >= 11 is 0. The summed E-state index contributed by atoms with van der Waals surface area (Å²) in [6.45, 7) is 4.28. The van der Waals surface area contributed by atoms with Crippen LogP contribution in [0.25, 0.3) is 11.1 Å². The molecule has 0 aliphatic heterocycles. The zero-order valence-electron chi connectivity index (χ0n) is 9.46. The normalized spacial score (nSPS) is 11.5. The number of hydrogen-bond acceptors (Lipinski definition) is 3. The molecule has 0 unspecified atom stereocenters. The summed E-state index contributed by atoms with van der Waals surface area (Å²) in [6, 6.07) is 2.80. The molecule has 1 aromatic heterocycles. The maximum Gasteiger partial charge on any atom is 0.195 e. The zero-order chi connectivity index (χ0) is 11.7. The van der Waals surface area contributed by atoms with Crippen molar-refractivity contribution in [1.29, 1.82) is 0 Å². The third-order valence-electron chi connectivity index (χ3n) is 2.49. The molecule has 0 bridgehead atoms. The number of oxazole rings is 1. The summed E-state index contributed by atoms with van der Waals surface area (Å²) in [4.78, 5) is 4.27. The Morgan fingerprint density at radius 3 is 2.88 bits per heavy atom. The maximum atomic E-state index is 13.2. The zero-order valence-corrected chi connectivity index (χ0v) is 9.46. The molecule has 3 nitrogen and oxygen atoms in total. The van der Waals surface area contributed by atoms with Crippen LogP contribution in [-0.4, -0.2) is 4.98 Å². The lowest BCUT2D eigenvalue weighted by Crippen LogP contribution is -1.91. The number of rotatable bonds is 3. The number of halogens is 1. The summed E-state index contributed by atoms with van der Waals surface area (Å²) in [5.74, 6) is 0.782. The van der Waals surface area contributed by atoms with Crippen LogP contribution in [0.5, 0.6) is 0 Å². The van der Waals surface area contributed by atoms with E-state index in [0.717, 1.165) is 12.8 Å². The Bertz CT molecular complexity index is 466. The van der Waals surface area contributed by atoms with Crippen molar-refractivity contribution in [3.05, 3.63) is 23.8 Å². The van der Waals surface area contributed by atoms with Crippen LogP contribution in [0.1, 0.15) is 26.2 Å². The second-order valence-electron chi connectivity index (χ2n) is 4.38. The van der Waals surface area contributed by atoms with Crippen LogP contribution in [0.4, 0.5) is 10.1 Å². The monoisotopic (exact) mass is 222 g/mol. The predicted octanol–water partition coefficient (Wildman–Crippen LogP) is 3.14. The van der Waals surface area contributed by atoms with Gasteiger partial charge in [0, 0.05) is 12.5 Å². The first-order valence-corrected chi connectivity index (χ1v) is 5.40. The highest BCUT2D eigenvalue weighted by atomic mass is 19.1. The lowest BCUT2D eigenvalue weighted by molar-refractivity contribution is 0.483. The van der Waals surface area contributed by atoms with E-state index < -0.39 is 5.82 Å². The second kappa shape index (κ2) is 4.12. The third kappa shape index (κ3) is 2.15. The molecule has 0 radical (unpaired) electrons. The van der Waals surface area contributed by atoms with E-state index >= 15 is 0 Å². The van der Waals surface area contributed by atoms with Crippen LogP contribution in [0.2, 0.25) is 0 Å². The SMILES string of the molecule is CC(C)CCc1nc2cc(N)c(F)cc2o1. The van der Waals surface area contributed by atoms with Gasteiger partial charge in [-0.05, 0) is 18.4 Å². The van der Waals surface area contributed by atoms with Gasteiger partial charge in [-0.15, -0.1) is 0 Å². The molecule has 16 heavy (non-hydrogen) atoms. The van der Waals surface area contributed by atoms with Gasteiger partial charge in [-0.25, -0.2) is 9.37 Å². The molecule has 0 amide bonds. The fourth-order valence-electron chi connectivity index (χ4n) is 1.53. The first-order valence-electron chi connectivity index (χ1n) is 5.40. The Kier molecular flexibility index (Phi) is 2.81. The first kappa shape index (κ1) is 10.9. The van der Waals surface area contributed by atoms with Crippen LogP contribution in [0.15, 0.2) is 16.5 Å². The molecule has 0 aliphatic carbocycles. The molecule has 2 rings (SSSR count). The molecule has 0 saturated heterocycles. The minimum absolute atomic E-state index is 0.108. The molecular formula is C12H15FN2O. The van der Waals surface area contributed by atoms with Crippen molar-refractivity contribution in [2.24, 2.45) is 5.92 Å². The standard InChI is InChI=1S/C12H15FN2O/c1-7(2)3-4-12-15-10-6-9(14)8(13)5-11(10)16-12/h5-7H,3-4,14H2,1-2H3. The van der Waals surface area contributed by atoms with E-state index in [1.165, 1.54) is 12.1 Å². The molecule has 86 valence electrons. The van der Waals surface area contributed by atoms with Gasteiger partial charge in [-0.1, -0.05) is 13.8 Å². The van der Waals surface area contributed by atoms with E-state index in [1.54, 1.807) is 0 Å². The molecule has 2 N–H and O–H groups in total. The van der Waals surface area contributed by atoms with Gasteiger partial charge in [0.25, 0.3) is 0 Å². The summed E-state index contributed by atoms with van der Waals surface area (Å²) in [7, 11) is 0. The number of nitrogens with two attached hydrogens (primary N) is 1. The number of fused-ring (bicyclic) bond motifs is 1. The van der Waals surface area contributed by atoms with Crippen molar-refractivity contribution in [2.75, 3.05) is 5.73 Å². The lowest BCUT2D eigenvalue weighted by atomic mass is 10.1. The quantitative estimate of drug-likeness (QED) is 0.811. The van der Waals surface area contributed by atoms with E-state index in [4.69, 9.17) is 10.2 Å². The molecule has 1 heterocycles. The number of nitrogens with zero attached hydrogens (tertiary/aromatic N) is 1. The molecule has 4 heteroatoms. The van der Waals surface area contributed by atoms with Crippen molar-refractivity contribution < 1.29 is 8.81 Å². The van der Waals surface area contributed by atoms with Crippen LogP contribution in [0.3, 0.4) is 0 Å². The van der Waals surface area contributed by atoms with Crippen molar-refractivity contribution >= 4 is 16.8 Å². The summed E-state index contributed by atoms with van der Waals surface area (Å²) in [5.41, 5.74) is 6.65. The van der Waals surface area contributed by atoms with E-state index in [2.05, 4.69) is 18.8 Å². The van der Waals surface area contributed by atoms with E-state index in [1.807, 2.05) is 0 Å². The van der Waals surface area contributed by atoms with Gasteiger partial charge in [0.2, 0.25) is 0 Å². The van der Waals surface area contributed by atoms with Gasteiger partial charge in [-0.3, -0.25) is 0 Å². The second-order valence-corrected chi connectivity index (χ2v) is 4.38. The Morgan fingerprint density at radius 1 is 1.44 bits per heavy atom. The van der Waals surface area contributed by atoms with Gasteiger partial charge < -0.3 is 10.2 Å². The van der Waals surface area contributed by atoms with Crippen LogP contribution in [0, 0.1) is 11.7 Å². The highest BCUT2D eigenvalue weighted by Gasteiger charge is 2.09. The first-order chi connectivity index (χ1) is 7.56. The molecule has 2 aromatic rings. The highest BCUT2D eigenvalue weighted by molar-refractivity contribution is 5.77. The van der Waals surface area contributed by atoms with Gasteiger partial charge in [-0.2, -0.15) is 0 Å². The number of aromatic nitrogens is 1. The number of benzene rings is 1. The van der Waals surface area contributed by atoms with E-state index in [-0.39, 0.29) is 5.69 Å². The summed E-state index contributed by atoms with van der Waals surface area (Å²) in [6.07, 6.45) is 1.78. The van der Waals surface area contributed by atoms with Crippen molar-refractivity contribution in [1.82, 2.24) is 4.98 Å². The van der Waals surface area contributed by atoms with Crippen molar-refractivity contribution in [3.63, 3.8) is 0 Å². The van der Waals surface area contributed by atoms with E-state index in [9.17, 15) is 4.39 Å². The largest absolute Gasteiger partial charge is 0.441 e. The topological polar surface area (TPSA) is 52.0 Å². The molecule has 0 atom stereocenters. The number of anilines is 1.